The summed E-state index contributed by atoms with van der Waals surface area (Å²) >= 11 is 0. The third-order valence-electron chi connectivity index (χ3n) is 2.94. The van der Waals surface area contributed by atoms with Crippen LogP contribution in [0, 0.1) is 0 Å². The van der Waals surface area contributed by atoms with E-state index in [9.17, 15) is 9.59 Å². The standard InChI is InChI=1S/C16H16N2O2.2CH4/c1-11(19)12-5-3-6-13(9-12)16(20)18-15-8-4-7-14(10-15)17-2;;/h3-10,17H,1-2H3,(H,18,20);2*1H4. The van der Waals surface area contributed by atoms with E-state index in [0.717, 1.165) is 5.69 Å². The summed E-state index contributed by atoms with van der Waals surface area (Å²) in [6.45, 7) is 1.48. The summed E-state index contributed by atoms with van der Waals surface area (Å²) < 4.78 is 0. The fraction of sp³-hybridized carbons (Fsp3) is 0.222. The Bertz CT molecular complexity index is 651. The Kier molecular flexibility index (Phi) is 7.59. The molecule has 0 aliphatic heterocycles. The van der Waals surface area contributed by atoms with Gasteiger partial charge in [0.25, 0.3) is 5.91 Å². The highest BCUT2D eigenvalue weighted by atomic mass is 16.1. The lowest BCUT2D eigenvalue weighted by Gasteiger charge is -2.08. The minimum Gasteiger partial charge on any atom is -0.388 e. The Morgan fingerprint density at radius 2 is 1.45 bits per heavy atom. The lowest BCUT2D eigenvalue weighted by Crippen LogP contribution is -2.12. The maximum Gasteiger partial charge on any atom is 0.255 e. The molecule has 0 unspecified atom stereocenters. The van der Waals surface area contributed by atoms with Crippen LogP contribution in [0.4, 0.5) is 11.4 Å². The predicted molar refractivity (Wildman–Crippen MR) is 93.9 cm³/mol. The zero-order valence-electron chi connectivity index (χ0n) is 11.4. The van der Waals surface area contributed by atoms with Crippen LogP contribution in [0.5, 0.6) is 0 Å². The second kappa shape index (κ2) is 8.62. The highest BCUT2D eigenvalue weighted by Gasteiger charge is 2.08. The molecule has 0 radical (unpaired) electrons. The lowest BCUT2D eigenvalue weighted by atomic mass is 10.1. The van der Waals surface area contributed by atoms with Crippen LogP contribution in [0.25, 0.3) is 0 Å². The van der Waals surface area contributed by atoms with Crippen molar-refractivity contribution in [2.45, 2.75) is 21.8 Å². The first-order chi connectivity index (χ1) is 9.60. The molecule has 4 nitrogen and oxygen atoms in total. The zero-order valence-corrected chi connectivity index (χ0v) is 11.4. The van der Waals surface area contributed by atoms with Gasteiger partial charge < -0.3 is 10.6 Å². The Morgan fingerprint density at radius 1 is 0.864 bits per heavy atom. The van der Waals surface area contributed by atoms with Crippen LogP contribution in [-0.2, 0) is 0 Å². The molecule has 0 aliphatic rings. The van der Waals surface area contributed by atoms with Gasteiger partial charge in [0.15, 0.2) is 5.78 Å². The minimum absolute atomic E-state index is 0. The van der Waals surface area contributed by atoms with Crippen molar-refractivity contribution in [1.82, 2.24) is 0 Å². The second-order valence-electron chi connectivity index (χ2n) is 4.42. The van der Waals surface area contributed by atoms with Crippen molar-refractivity contribution in [2.75, 3.05) is 17.7 Å². The average molecular weight is 300 g/mol. The molecule has 0 bridgehead atoms. The fourth-order valence-electron chi connectivity index (χ4n) is 1.84. The molecule has 0 fully saturated rings. The van der Waals surface area contributed by atoms with E-state index in [2.05, 4.69) is 10.6 Å². The van der Waals surface area contributed by atoms with E-state index in [-0.39, 0.29) is 26.5 Å². The molecule has 2 aromatic rings. The van der Waals surface area contributed by atoms with Gasteiger partial charge in [0.05, 0.1) is 0 Å². The van der Waals surface area contributed by atoms with Crippen molar-refractivity contribution in [3.8, 4) is 0 Å². The molecule has 2 rings (SSSR count). The number of carbonyl (C=O) groups excluding carboxylic acids is 2. The van der Waals surface area contributed by atoms with Crippen LogP contribution in [0.1, 0.15) is 42.5 Å². The molecule has 0 aromatic heterocycles. The molecule has 2 N–H and O–H groups in total. The van der Waals surface area contributed by atoms with Crippen molar-refractivity contribution >= 4 is 23.1 Å². The van der Waals surface area contributed by atoms with E-state index in [0.29, 0.717) is 16.8 Å². The summed E-state index contributed by atoms with van der Waals surface area (Å²) in [5.41, 5.74) is 2.62. The van der Waals surface area contributed by atoms with E-state index in [1.165, 1.54) is 6.92 Å². The molecule has 118 valence electrons. The lowest BCUT2D eigenvalue weighted by molar-refractivity contribution is 0.101. The number of hydrogen-bond donors (Lipinski definition) is 2. The Hall–Kier alpha value is -2.62. The molecule has 0 heterocycles. The molecule has 2 aromatic carbocycles. The first kappa shape index (κ1) is 19.4. The normalized spacial score (nSPS) is 9.00. The van der Waals surface area contributed by atoms with Gasteiger partial charge in [-0.15, -0.1) is 0 Å². The molecular formula is C18H24N2O2. The van der Waals surface area contributed by atoms with Crippen LogP contribution in [0.2, 0.25) is 0 Å². The number of carbonyl (C=O) groups is 2. The number of nitrogens with one attached hydrogen (secondary N) is 2. The SMILES string of the molecule is C.C.CNc1cccc(NC(=O)c2cccc(C(C)=O)c2)c1. The Morgan fingerprint density at radius 3 is 2.09 bits per heavy atom. The molecule has 0 aliphatic carbocycles. The summed E-state index contributed by atoms with van der Waals surface area (Å²) in [5.74, 6) is -0.293. The summed E-state index contributed by atoms with van der Waals surface area (Å²) in [5, 5.41) is 5.82. The Labute approximate surface area is 132 Å². The molecule has 1 amide bonds. The largest absolute Gasteiger partial charge is 0.388 e. The van der Waals surface area contributed by atoms with Gasteiger partial charge in [-0.2, -0.15) is 0 Å². The number of ketones is 1. The molecular weight excluding hydrogens is 276 g/mol. The number of rotatable bonds is 4. The second-order valence-corrected chi connectivity index (χ2v) is 4.42. The van der Waals surface area contributed by atoms with Gasteiger partial charge in [-0.25, -0.2) is 0 Å². The van der Waals surface area contributed by atoms with Crippen molar-refractivity contribution in [2.24, 2.45) is 0 Å². The number of amides is 1. The molecule has 0 saturated carbocycles. The van der Waals surface area contributed by atoms with Gasteiger partial charge >= 0.3 is 0 Å². The van der Waals surface area contributed by atoms with Crippen LogP contribution < -0.4 is 10.6 Å². The van der Waals surface area contributed by atoms with Crippen molar-refractivity contribution in [3.05, 3.63) is 59.7 Å². The number of Topliss-reactive ketones (excluding diaryl/α,β-unsaturated/α-hetero) is 1. The first-order valence-electron chi connectivity index (χ1n) is 6.30. The zero-order chi connectivity index (χ0) is 14.5. The van der Waals surface area contributed by atoms with Crippen molar-refractivity contribution < 1.29 is 9.59 Å². The van der Waals surface area contributed by atoms with E-state index in [1.807, 2.05) is 31.3 Å². The van der Waals surface area contributed by atoms with Gasteiger partial charge in [-0.3, -0.25) is 9.59 Å². The van der Waals surface area contributed by atoms with E-state index >= 15 is 0 Å². The summed E-state index contributed by atoms with van der Waals surface area (Å²) in [4.78, 5) is 23.5. The number of anilines is 2. The molecule has 0 spiro atoms. The fourth-order valence-corrected chi connectivity index (χ4v) is 1.84. The summed E-state index contributed by atoms with van der Waals surface area (Å²) in [7, 11) is 1.82. The van der Waals surface area contributed by atoms with Gasteiger partial charge in [-0.1, -0.05) is 33.1 Å². The number of hydrogen-bond acceptors (Lipinski definition) is 3. The van der Waals surface area contributed by atoms with E-state index < -0.39 is 0 Å². The molecule has 4 heteroatoms. The van der Waals surface area contributed by atoms with Crippen LogP contribution in [-0.4, -0.2) is 18.7 Å². The highest BCUT2D eigenvalue weighted by Crippen LogP contribution is 2.16. The maximum atomic E-state index is 12.1. The van der Waals surface area contributed by atoms with Gasteiger partial charge in [0.1, 0.15) is 0 Å². The Balaban J connectivity index is 0.00000220. The van der Waals surface area contributed by atoms with Crippen LogP contribution in [0.15, 0.2) is 48.5 Å². The van der Waals surface area contributed by atoms with Gasteiger partial charge in [-0.05, 0) is 37.3 Å². The quantitative estimate of drug-likeness (QED) is 0.820. The minimum atomic E-state index is -0.235. The van der Waals surface area contributed by atoms with Crippen LogP contribution in [0.3, 0.4) is 0 Å². The smallest absolute Gasteiger partial charge is 0.255 e. The predicted octanol–water partition coefficient (Wildman–Crippen LogP) is 4.46. The summed E-state index contributed by atoms with van der Waals surface area (Å²) in [6, 6.07) is 14.1. The monoisotopic (exact) mass is 300 g/mol. The van der Waals surface area contributed by atoms with Crippen LogP contribution >= 0.6 is 0 Å². The molecule has 0 atom stereocenters. The number of benzene rings is 2. The summed E-state index contributed by atoms with van der Waals surface area (Å²) in [6.07, 6.45) is 0. The molecule has 0 saturated heterocycles. The third-order valence-corrected chi connectivity index (χ3v) is 2.94. The van der Waals surface area contributed by atoms with Gasteiger partial charge in [0.2, 0.25) is 0 Å². The third kappa shape index (κ3) is 4.74. The van der Waals surface area contributed by atoms with Crippen molar-refractivity contribution in [1.29, 1.82) is 0 Å². The average Bonchev–Trinajstić information content (AvgIpc) is 2.47. The van der Waals surface area contributed by atoms with Crippen molar-refractivity contribution in [3.63, 3.8) is 0 Å². The van der Waals surface area contributed by atoms with E-state index in [4.69, 9.17) is 0 Å². The topological polar surface area (TPSA) is 58.2 Å². The maximum absolute atomic E-state index is 12.1. The van der Waals surface area contributed by atoms with Gasteiger partial charge in [0, 0.05) is 29.5 Å². The highest BCUT2D eigenvalue weighted by molar-refractivity contribution is 6.06. The molecule has 22 heavy (non-hydrogen) atoms. The first-order valence-corrected chi connectivity index (χ1v) is 6.30. The van der Waals surface area contributed by atoms with E-state index in [1.54, 1.807) is 24.3 Å².